The molecular formula is C24H25FN2O3S. The maximum absolute atomic E-state index is 13.1. The van der Waals surface area contributed by atoms with Gasteiger partial charge in [0.25, 0.3) is 15.9 Å². The van der Waals surface area contributed by atoms with Crippen LogP contribution >= 0.6 is 0 Å². The van der Waals surface area contributed by atoms with Crippen LogP contribution in [0, 0.1) is 11.7 Å². The molecule has 0 unspecified atom stereocenters. The van der Waals surface area contributed by atoms with Crippen LogP contribution in [0.3, 0.4) is 0 Å². The van der Waals surface area contributed by atoms with Crippen LogP contribution in [-0.2, 0) is 10.0 Å². The molecule has 5 nitrogen and oxygen atoms in total. The molecule has 31 heavy (non-hydrogen) atoms. The number of carbonyl (C=O) groups is 1. The van der Waals surface area contributed by atoms with Gasteiger partial charge in [0.1, 0.15) is 5.82 Å². The van der Waals surface area contributed by atoms with Crippen LogP contribution in [0.2, 0.25) is 0 Å². The Hall–Kier alpha value is -3.19. The first kappa shape index (κ1) is 22.5. The van der Waals surface area contributed by atoms with Gasteiger partial charge in [0.2, 0.25) is 0 Å². The predicted molar refractivity (Wildman–Crippen MR) is 120 cm³/mol. The minimum absolute atomic E-state index is 0.0513. The Labute approximate surface area is 182 Å². The first-order valence-electron chi connectivity index (χ1n) is 9.99. The molecule has 0 aliphatic carbocycles. The van der Waals surface area contributed by atoms with Crippen molar-refractivity contribution < 1.29 is 17.6 Å². The molecule has 0 aliphatic rings. The lowest BCUT2D eigenvalue weighted by atomic mass is 9.96. The molecule has 0 saturated heterocycles. The zero-order chi connectivity index (χ0) is 22.4. The molecule has 1 atom stereocenters. The fraction of sp³-hybridized carbons (Fsp3) is 0.208. The Kier molecular flexibility index (Phi) is 7.07. The van der Waals surface area contributed by atoms with Gasteiger partial charge in [-0.25, -0.2) is 12.8 Å². The monoisotopic (exact) mass is 440 g/mol. The smallest absolute Gasteiger partial charge is 0.261 e. The zero-order valence-electron chi connectivity index (χ0n) is 17.4. The molecule has 3 aromatic carbocycles. The number of rotatable bonds is 8. The number of benzene rings is 3. The third kappa shape index (κ3) is 6.15. The molecule has 3 rings (SSSR count). The van der Waals surface area contributed by atoms with Crippen molar-refractivity contribution in [2.24, 2.45) is 5.92 Å². The van der Waals surface area contributed by atoms with E-state index in [4.69, 9.17) is 0 Å². The van der Waals surface area contributed by atoms with Crippen LogP contribution in [-0.4, -0.2) is 14.3 Å². The molecule has 0 heterocycles. The van der Waals surface area contributed by atoms with Crippen LogP contribution in [0.5, 0.6) is 0 Å². The lowest BCUT2D eigenvalue weighted by molar-refractivity contribution is 0.0931. The second-order valence-corrected chi connectivity index (χ2v) is 9.39. The van der Waals surface area contributed by atoms with E-state index in [1.54, 1.807) is 6.07 Å². The van der Waals surface area contributed by atoms with E-state index in [0.29, 0.717) is 5.92 Å². The van der Waals surface area contributed by atoms with Crippen molar-refractivity contribution in [3.05, 3.63) is 95.8 Å². The molecule has 0 bridgehead atoms. The average Bonchev–Trinajstić information content (AvgIpc) is 2.75. The van der Waals surface area contributed by atoms with E-state index in [-0.39, 0.29) is 28.1 Å². The van der Waals surface area contributed by atoms with Gasteiger partial charge < -0.3 is 5.32 Å². The second kappa shape index (κ2) is 9.75. The second-order valence-electron chi connectivity index (χ2n) is 7.71. The quantitative estimate of drug-likeness (QED) is 0.509. The highest BCUT2D eigenvalue weighted by molar-refractivity contribution is 7.92. The van der Waals surface area contributed by atoms with Crippen LogP contribution in [0.25, 0.3) is 0 Å². The average molecular weight is 441 g/mol. The summed E-state index contributed by atoms with van der Waals surface area (Å²) in [5.74, 6) is -0.457. The van der Waals surface area contributed by atoms with Gasteiger partial charge >= 0.3 is 0 Å². The van der Waals surface area contributed by atoms with Gasteiger partial charge in [-0.2, -0.15) is 0 Å². The molecule has 0 aliphatic heterocycles. The fourth-order valence-corrected chi connectivity index (χ4v) is 4.32. The van der Waals surface area contributed by atoms with Gasteiger partial charge in [-0.05, 0) is 60.4 Å². The van der Waals surface area contributed by atoms with Crippen molar-refractivity contribution in [2.75, 3.05) is 4.72 Å². The number of hydrogen-bond donors (Lipinski definition) is 2. The highest BCUT2D eigenvalue weighted by Crippen LogP contribution is 2.23. The van der Waals surface area contributed by atoms with Gasteiger partial charge in [0, 0.05) is 11.3 Å². The number of nitrogens with one attached hydrogen (secondary N) is 2. The molecule has 2 N–H and O–H groups in total. The largest absolute Gasteiger partial charge is 0.345 e. The number of anilines is 1. The number of halogens is 1. The molecule has 0 aromatic heterocycles. The molecule has 0 fully saturated rings. The molecule has 1 amide bonds. The van der Waals surface area contributed by atoms with Gasteiger partial charge in [-0.1, -0.05) is 50.2 Å². The first-order chi connectivity index (χ1) is 14.7. The molecular weight excluding hydrogens is 415 g/mol. The Morgan fingerprint density at radius 3 is 2.26 bits per heavy atom. The molecule has 3 aromatic rings. The van der Waals surface area contributed by atoms with Crippen LogP contribution in [0.15, 0.2) is 83.8 Å². The molecule has 0 radical (unpaired) electrons. The lowest BCUT2D eigenvalue weighted by Crippen LogP contribution is -2.29. The van der Waals surface area contributed by atoms with E-state index < -0.39 is 15.8 Å². The summed E-state index contributed by atoms with van der Waals surface area (Å²) in [6, 6.07) is 20.3. The topological polar surface area (TPSA) is 75.3 Å². The molecule has 162 valence electrons. The van der Waals surface area contributed by atoms with E-state index in [1.807, 2.05) is 30.3 Å². The van der Waals surface area contributed by atoms with Crippen LogP contribution in [0.4, 0.5) is 10.1 Å². The predicted octanol–water partition coefficient (Wildman–Crippen LogP) is 5.14. The van der Waals surface area contributed by atoms with E-state index in [0.717, 1.165) is 12.0 Å². The van der Waals surface area contributed by atoms with Crippen molar-refractivity contribution in [2.45, 2.75) is 31.2 Å². The van der Waals surface area contributed by atoms with Crippen molar-refractivity contribution in [3.63, 3.8) is 0 Å². The SMILES string of the molecule is CC(C)C[C@@H](NC(=O)c1cccc(S(=O)(=O)Nc2ccc(F)cc2)c1)c1ccccc1. The molecule has 0 spiro atoms. The van der Waals surface area contributed by atoms with E-state index >= 15 is 0 Å². The Balaban J connectivity index is 1.80. The summed E-state index contributed by atoms with van der Waals surface area (Å²) >= 11 is 0. The summed E-state index contributed by atoms with van der Waals surface area (Å²) in [4.78, 5) is 12.9. The highest BCUT2D eigenvalue weighted by Gasteiger charge is 2.20. The minimum atomic E-state index is -3.93. The van der Waals surface area contributed by atoms with Crippen molar-refractivity contribution >= 4 is 21.6 Å². The van der Waals surface area contributed by atoms with Crippen LogP contribution in [0.1, 0.15) is 42.2 Å². The number of sulfonamides is 1. The van der Waals surface area contributed by atoms with E-state index in [1.165, 1.54) is 42.5 Å². The molecule has 7 heteroatoms. The lowest BCUT2D eigenvalue weighted by Gasteiger charge is -2.21. The first-order valence-corrected chi connectivity index (χ1v) is 11.5. The Morgan fingerprint density at radius 2 is 1.61 bits per heavy atom. The molecule has 0 saturated carbocycles. The minimum Gasteiger partial charge on any atom is -0.345 e. The standard InChI is InChI=1S/C24H25FN2O3S/c1-17(2)15-23(18-7-4-3-5-8-18)26-24(28)19-9-6-10-22(16-19)31(29,30)27-21-13-11-20(25)12-14-21/h3-14,16-17,23,27H,15H2,1-2H3,(H,26,28)/t23-/m1/s1. The van der Waals surface area contributed by atoms with Crippen molar-refractivity contribution in [1.29, 1.82) is 0 Å². The third-order valence-electron chi connectivity index (χ3n) is 4.72. The summed E-state index contributed by atoms with van der Waals surface area (Å²) in [5, 5.41) is 3.02. The number of amides is 1. The third-order valence-corrected chi connectivity index (χ3v) is 6.10. The van der Waals surface area contributed by atoms with Crippen LogP contribution < -0.4 is 10.0 Å². The van der Waals surface area contributed by atoms with E-state index in [2.05, 4.69) is 23.9 Å². The fourth-order valence-electron chi connectivity index (χ4n) is 3.21. The summed E-state index contributed by atoms with van der Waals surface area (Å²) in [5.41, 5.74) is 1.47. The summed E-state index contributed by atoms with van der Waals surface area (Å²) in [6.45, 7) is 4.16. The zero-order valence-corrected chi connectivity index (χ0v) is 18.2. The number of hydrogen-bond acceptors (Lipinski definition) is 3. The van der Waals surface area contributed by atoms with Gasteiger partial charge in [0.05, 0.1) is 10.9 Å². The van der Waals surface area contributed by atoms with E-state index in [9.17, 15) is 17.6 Å². The number of carbonyl (C=O) groups excluding carboxylic acids is 1. The maximum Gasteiger partial charge on any atom is 0.261 e. The van der Waals surface area contributed by atoms with Crippen molar-refractivity contribution in [1.82, 2.24) is 5.32 Å². The van der Waals surface area contributed by atoms with Gasteiger partial charge in [-0.3, -0.25) is 9.52 Å². The highest BCUT2D eigenvalue weighted by atomic mass is 32.2. The summed E-state index contributed by atoms with van der Waals surface area (Å²) < 4.78 is 40.9. The summed E-state index contributed by atoms with van der Waals surface area (Å²) in [6.07, 6.45) is 0.750. The summed E-state index contributed by atoms with van der Waals surface area (Å²) in [7, 11) is -3.93. The van der Waals surface area contributed by atoms with Crippen molar-refractivity contribution in [3.8, 4) is 0 Å². The Bertz CT molecular complexity index is 1130. The van der Waals surface area contributed by atoms with Gasteiger partial charge in [0.15, 0.2) is 0 Å². The maximum atomic E-state index is 13.1. The normalized spacial score (nSPS) is 12.4. The Morgan fingerprint density at radius 1 is 0.935 bits per heavy atom. The van der Waals surface area contributed by atoms with Gasteiger partial charge in [-0.15, -0.1) is 0 Å².